The topological polar surface area (TPSA) is 58.6 Å². The summed E-state index contributed by atoms with van der Waals surface area (Å²) in [5.74, 6) is -0.874. The van der Waals surface area contributed by atoms with Crippen molar-refractivity contribution < 1.29 is 27.8 Å². The van der Waals surface area contributed by atoms with Crippen LogP contribution in [0.2, 0.25) is 0 Å². The van der Waals surface area contributed by atoms with Crippen molar-refractivity contribution in [2.75, 3.05) is 19.8 Å². The number of hydrogen-bond acceptors (Lipinski definition) is 3. The Hall–Kier alpha value is -0.820. The van der Waals surface area contributed by atoms with Crippen LogP contribution in [0.25, 0.3) is 0 Å². The lowest BCUT2D eigenvalue weighted by Crippen LogP contribution is -2.54. The SMILES string of the molecule is CCNC1(C(=O)O)CCCC1CCOCCCC(F)(F)F. The van der Waals surface area contributed by atoms with Crippen LogP contribution in [0.4, 0.5) is 13.2 Å². The first kappa shape index (κ1) is 18.2. The Labute approximate surface area is 123 Å². The van der Waals surface area contributed by atoms with E-state index in [0.29, 0.717) is 26.0 Å². The number of ether oxygens (including phenoxy) is 1. The second-order valence-electron chi connectivity index (χ2n) is 5.52. The predicted molar refractivity (Wildman–Crippen MR) is 72.1 cm³/mol. The molecule has 1 aliphatic rings. The molecule has 0 heterocycles. The Kier molecular flexibility index (Phi) is 6.93. The molecular weight excluding hydrogens is 287 g/mol. The molecule has 0 amide bonds. The van der Waals surface area contributed by atoms with E-state index in [1.807, 2.05) is 6.92 Å². The average molecular weight is 311 g/mol. The van der Waals surface area contributed by atoms with E-state index in [4.69, 9.17) is 4.74 Å². The van der Waals surface area contributed by atoms with E-state index >= 15 is 0 Å². The van der Waals surface area contributed by atoms with Crippen molar-refractivity contribution in [1.29, 1.82) is 0 Å². The molecule has 0 aromatic rings. The van der Waals surface area contributed by atoms with Crippen LogP contribution in [0.1, 0.15) is 45.4 Å². The van der Waals surface area contributed by atoms with Gasteiger partial charge in [-0.15, -0.1) is 0 Å². The van der Waals surface area contributed by atoms with Gasteiger partial charge in [0.25, 0.3) is 0 Å². The molecule has 4 nitrogen and oxygen atoms in total. The van der Waals surface area contributed by atoms with Gasteiger partial charge in [-0.2, -0.15) is 13.2 Å². The highest BCUT2D eigenvalue weighted by Crippen LogP contribution is 2.38. The van der Waals surface area contributed by atoms with Gasteiger partial charge in [-0.3, -0.25) is 4.79 Å². The molecule has 0 spiro atoms. The van der Waals surface area contributed by atoms with Gasteiger partial charge < -0.3 is 15.2 Å². The van der Waals surface area contributed by atoms with Crippen molar-refractivity contribution in [2.24, 2.45) is 5.92 Å². The number of carbonyl (C=O) groups is 1. The molecule has 2 N–H and O–H groups in total. The van der Waals surface area contributed by atoms with Gasteiger partial charge in [0.1, 0.15) is 5.54 Å². The third-order valence-corrected chi connectivity index (χ3v) is 4.05. The second-order valence-corrected chi connectivity index (χ2v) is 5.52. The minimum absolute atomic E-state index is 0.0300. The molecule has 0 aliphatic heterocycles. The minimum Gasteiger partial charge on any atom is -0.480 e. The summed E-state index contributed by atoms with van der Waals surface area (Å²) in [6.07, 6.45) is -2.22. The van der Waals surface area contributed by atoms with Crippen molar-refractivity contribution in [3.63, 3.8) is 0 Å². The smallest absolute Gasteiger partial charge is 0.389 e. The molecule has 21 heavy (non-hydrogen) atoms. The molecule has 7 heteroatoms. The largest absolute Gasteiger partial charge is 0.480 e. The molecule has 0 bridgehead atoms. The molecule has 0 aromatic carbocycles. The van der Waals surface area contributed by atoms with E-state index in [9.17, 15) is 23.1 Å². The lowest BCUT2D eigenvalue weighted by Gasteiger charge is -2.32. The zero-order chi connectivity index (χ0) is 15.9. The molecule has 1 fully saturated rings. The van der Waals surface area contributed by atoms with Gasteiger partial charge in [0.15, 0.2) is 0 Å². The first-order valence-electron chi connectivity index (χ1n) is 7.44. The number of aliphatic carboxylic acids is 1. The standard InChI is InChI=1S/C14H24F3NO3/c1-2-18-13(12(19)20)7-3-5-11(13)6-10-21-9-4-8-14(15,16)17/h11,18H,2-10H2,1H3,(H,19,20). The molecule has 2 unspecified atom stereocenters. The number of nitrogens with one attached hydrogen (secondary N) is 1. The number of hydrogen-bond donors (Lipinski definition) is 2. The summed E-state index contributed by atoms with van der Waals surface area (Å²) < 4.78 is 41.1. The number of likely N-dealkylation sites (N-methyl/N-ethyl adjacent to an activating group) is 1. The zero-order valence-electron chi connectivity index (χ0n) is 12.3. The van der Waals surface area contributed by atoms with Gasteiger partial charge in [0.05, 0.1) is 0 Å². The van der Waals surface area contributed by atoms with Crippen LogP contribution in [0.5, 0.6) is 0 Å². The maximum Gasteiger partial charge on any atom is 0.389 e. The van der Waals surface area contributed by atoms with Crippen LogP contribution in [0.3, 0.4) is 0 Å². The van der Waals surface area contributed by atoms with Gasteiger partial charge in [-0.25, -0.2) is 0 Å². The summed E-state index contributed by atoms with van der Waals surface area (Å²) in [5, 5.41) is 12.5. The highest BCUT2D eigenvalue weighted by atomic mass is 19.4. The van der Waals surface area contributed by atoms with E-state index in [0.717, 1.165) is 12.8 Å². The van der Waals surface area contributed by atoms with Crippen molar-refractivity contribution in [3.8, 4) is 0 Å². The molecule has 1 saturated carbocycles. The molecule has 0 radical (unpaired) electrons. The van der Waals surface area contributed by atoms with E-state index in [-0.39, 0.29) is 18.9 Å². The fourth-order valence-electron chi connectivity index (χ4n) is 3.08. The first-order chi connectivity index (χ1) is 9.82. The number of rotatable bonds is 9. The first-order valence-corrected chi connectivity index (χ1v) is 7.44. The number of alkyl halides is 3. The predicted octanol–water partition coefficient (Wildman–Crippen LogP) is 2.97. The maximum absolute atomic E-state index is 12.0. The molecule has 0 saturated heterocycles. The molecule has 1 rings (SSSR count). The Morgan fingerprint density at radius 1 is 1.43 bits per heavy atom. The number of carboxylic acid groups (broad SMARTS) is 1. The summed E-state index contributed by atoms with van der Waals surface area (Å²) in [6.45, 7) is 2.82. The van der Waals surface area contributed by atoms with Gasteiger partial charge in [0, 0.05) is 19.6 Å². The van der Waals surface area contributed by atoms with Crippen LogP contribution in [0, 0.1) is 5.92 Å². The van der Waals surface area contributed by atoms with Gasteiger partial charge in [-0.1, -0.05) is 13.3 Å². The Morgan fingerprint density at radius 3 is 2.71 bits per heavy atom. The van der Waals surface area contributed by atoms with Gasteiger partial charge in [-0.05, 0) is 38.1 Å². The maximum atomic E-state index is 12.0. The fraction of sp³-hybridized carbons (Fsp3) is 0.929. The van der Waals surface area contributed by atoms with Crippen molar-refractivity contribution >= 4 is 5.97 Å². The lowest BCUT2D eigenvalue weighted by atomic mass is 9.84. The minimum atomic E-state index is -4.14. The Bertz CT molecular complexity index is 336. The Balaban J connectivity index is 2.32. The molecule has 0 aromatic heterocycles. The zero-order valence-corrected chi connectivity index (χ0v) is 12.3. The third kappa shape index (κ3) is 5.47. The summed E-state index contributed by atoms with van der Waals surface area (Å²) in [6, 6.07) is 0. The fourth-order valence-corrected chi connectivity index (χ4v) is 3.08. The molecule has 1 aliphatic carbocycles. The van der Waals surface area contributed by atoms with Crippen LogP contribution in [0.15, 0.2) is 0 Å². The highest BCUT2D eigenvalue weighted by Gasteiger charge is 2.48. The quantitative estimate of drug-likeness (QED) is 0.643. The van der Waals surface area contributed by atoms with Gasteiger partial charge in [0.2, 0.25) is 0 Å². The summed E-state index contributed by atoms with van der Waals surface area (Å²) in [5.41, 5.74) is -0.899. The van der Waals surface area contributed by atoms with Crippen molar-refractivity contribution in [3.05, 3.63) is 0 Å². The second kappa shape index (κ2) is 7.98. The van der Waals surface area contributed by atoms with E-state index in [2.05, 4.69) is 5.32 Å². The number of carboxylic acids is 1. The van der Waals surface area contributed by atoms with Crippen LogP contribution in [-0.4, -0.2) is 42.5 Å². The number of halogens is 3. The molecule has 2 atom stereocenters. The third-order valence-electron chi connectivity index (χ3n) is 4.05. The van der Waals surface area contributed by atoms with Crippen molar-refractivity contribution in [1.82, 2.24) is 5.32 Å². The summed E-state index contributed by atoms with van der Waals surface area (Å²) in [4.78, 5) is 11.5. The lowest BCUT2D eigenvalue weighted by molar-refractivity contribution is -0.147. The van der Waals surface area contributed by atoms with Crippen LogP contribution < -0.4 is 5.32 Å². The normalized spacial score (nSPS) is 26.2. The van der Waals surface area contributed by atoms with E-state index in [1.54, 1.807) is 0 Å². The van der Waals surface area contributed by atoms with E-state index in [1.165, 1.54) is 0 Å². The molecular formula is C14H24F3NO3. The van der Waals surface area contributed by atoms with Crippen LogP contribution >= 0.6 is 0 Å². The summed E-state index contributed by atoms with van der Waals surface area (Å²) >= 11 is 0. The Morgan fingerprint density at radius 2 is 2.14 bits per heavy atom. The van der Waals surface area contributed by atoms with Crippen LogP contribution in [-0.2, 0) is 9.53 Å². The monoisotopic (exact) mass is 311 g/mol. The van der Waals surface area contributed by atoms with Crippen molar-refractivity contribution in [2.45, 2.75) is 57.2 Å². The summed E-state index contributed by atoms with van der Waals surface area (Å²) in [7, 11) is 0. The molecule has 124 valence electrons. The average Bonchev–Trinajstić information content (AvgIpc) is 2.77. The van der Waals surface area contributed by atoms with E-state index < -0.39 is 24.1 Å². The van der Waals surface area contributed by atoms with Gasteiger partial charge >= 0.3 is 12.1 Å². The highest BCUT2D eigenvalue weighted by molar-refractivity contribution is 5.79.